The van der Waals surface area contributed by atoms with Gasteiger partial charge in [-0.15, -0.1) is 0 Å². The molecule has 1 heterocycles. The van der Waals surface area contributed by atoms with Crippen LogP contribution in [0.3, 0.4) is 0 Å². The number of carboxylic acid groups (broad SMARTS) is 2. The van der Waals surface area contributed by atoms with Crippen molar-refractivity contribution >= 4 is 23.5 Å². The fourth-order valence-corrected chi connectivity index (χ4v) is 4.19. The van der Waals surface area contributed by atoms with Crippen LogP contribution >= 0.6 is 0 Å². The van der Waals surface area contributed by atoms with E-state index in [0.717, 1.165) is 0 Å². The molecule has 0 radical (unpaired) electrons. The van der Waals surface area contributed by atoms with E-state index in [9.17, 15) is 19.5 Å². The number of hydrogen-bond donors (Lipinski definition) is 5. The van der Waals surface area contributed by atoms with E-state index in [-0.39, 0.29) is 30.9 Å². The average Bonchev–Trinajstić information content (AvgIpc) is 2.95. The number of aliphatic carboxylic acids is 1. The minimum absolute atomic E-state index is 0.00301. The molecule has 8 nitrogen and oxygen atoms in total. The van der Waals surface area contributed by atoms with Crippen LogP contribution in [0.1, 0.15) is 41.6 Å². The molecule has 1 aliphatic carbocycles. The minimum atomic E-state index is -1.60. The lowest BCUT2D eigenvalue weighted by molar-refractivity contribution is -0.155. The summed E-state index contributed by atoms with van der Waals surface area (Å²) in [7, 11) is 0. The van der Waals surface area contributed by atoms with Gasteiger partial charge in [0.15, 0.2) is 5.54 Å². The number of carbonyl (C=O) groups is 3. The van der Waals surface area contributed by atoms with Gasteiger partial charge in [-0.2, -0.15) is 0 Å². The number of carbonyl (C=O) groups excluding carboxylic acids is 1. The van der Waals surface area contributed by atoms with Crippen molar-refractivity contribution in [2.24, 2.45) is 16.9 Å². The summed E-state index contributed by atoms with van der Waals surface area (Å²) in [6, 6.07) is 4.30. The summed E-state index contributed by atoms with van der Waals surface area (Å²) in [6.45, 7) is 0. The van der Waals surface area contributed by atoms with Crippen molar-refractivity contribution in [2.75, 3.05) is 5.32 Å². The van der Waals surface area contributed by atoms with Gasteiger partial charge in [0, 0.05) is 18.2 Å². The maximum absolute atomic E-state index is 12.4. The van der Waals surface area contributed by atoms with Crippen molar-refractivity contribution in [2.45, 2.75) is 43.7 Å². The number of amides is 1. The quantitative estimate of drug-likeness (QED) is 0.532. The molecule has 1 unspecified atom stereocenters. The first-order chi connectivity index (χ1) is 11.7. The van der Waals surface area contributed by atoms with Gasteiger partial charge in [0.2, 0.25) is 5.91 Å². The van der Waals surface area contributed by atoms with E-state index in [4.69, 9.17) is 16.6 Å². The Bertz CT molecular complexity index is 755. The summed E-state index contributed by atoms with van der Waals surface area (Å²) < 4.78 is 0. The van der Waals surface area contributed by atoms with Gasteiger partial charge >= 0.3 is 11.9 Å². The minimum Gasteiger partial charge on any atom is -0.479 e. The molecule has 0 bridgehead atoms. The highest BCUT2D eigenvalue weighted by Crippen LogP contribution is 2.51. The number of primary amides is 1. The van der Waals surface area contributed by atoms with Crippen LogP contribution in [-0.2, 0) is 16.0 Å². The molecular weight excluding hydrogens is 326 g/mol. The fourth-order valence-electron chi connectivity index (χ4n) is 4.19. The van der Waals surface area contributed by atoms with Crippen LogP contribution in [0.15, 0.2) is 18.2 Å². The van der Waals surface area contributed by atoms with Gasteiger partial charge in [-0.3, -0.25) is 4.79 Å². The van der Waals surface area contributed by atoms with E-state index >= 15 is 0 Å². The van der Waals surface area contributed by atoms with Crippen LogP contribution in [0.4, 0.5) is 5.69 Å². The highest BCUT2D eigenvalue weighted by Gasteiger charge is 2.63. The number of fused-ring (bicyclic) bond motifs is 1. The van der Waals surface area contributed by atoms with Crippen LogP contribution in [-0.4, -0.2) is 39.6 Å². The van der Waals surface area contributed by atoms with Crippen molar-refractivity contribution in [1.82, 2.24) is 0 Å². The van der Waals surface area contributed by atoms with Crippen molar-refractivity contribution < 1.29 is 24.6 Å². The summed E-state index contributed by atoms with van der Waals surface area (Å²) in [6.07, 6.45) is 1.58. The first-order valence-corrected chi connectivity index (χ1v) is 8.15. The molecule has 1 saturated carbocycles. The van der Waals surface area contributed by atoms with Crippen LogP contribution < -0.4 is 16.8 Å². The lowest BCUT2D eigenvalue weighted by atomic mass is 9.59. The van der Waals surface area contributed by atoms with Gasteiger partial charge in [-0.25, -0.2) is 9.59 Å². The largest absolute Gasteiger partial charge is 0.479 e. The Balaban J connectivity index is 2.08. The van der Waals surface area contributed by atoms with Gasteiger partial charge in [0.05, 0.1) is 11.0 Å². The van der Waals surface area contributed by atoms with E-state index in [0.29, 0.717) is 24.1 Å². The number of rotatable bonds is 4. The summed E-state index contributed by atoms with van der Waals surface area (Å²) in [4.78, 5) is 35.9. The van der Waals surface area contributed by atoms with Crippen LogP contribution in [0, 0.1) is 5.41 Å². The van der Waals surface area contributed by atoms with E-state index in [1.165, 1.54) is 18.2 Å². The van der Waals surface area contributed by atoms with Gasteiger partial charge in [0.1, 0.15) is 0 Å². The predicted molar refractivity (Wildman–Crippen MR) is 89.2 cm³/mol. The number of nitrogens with two attached hydrogens (primary N) is 2. The Kier molecular flexibility index (Phi) is 3.95. The molecule has 1 aromatic rings. The number of anilines is 1. The van der Waals surface area contributed by atoms with Crippen molar-refractivity contribution in [3.63, 3.8) is 0 Å². The van der Waals surface area contributed by atoms with Crippen molar-refractivity contribution in [3.05, 3.63) is 29.3 Å². The third-order valence-electron chi connectivity index (χ3n) is 5.69. The molecular formula is C17H21N3O5. The van der Waals surface area contributed by atoms with E-state index in [1.54, 1.807) is 0 Å². The monoisotopic (exact) mass is 347 g/mol. The Morgan fingerprint density at radius 3 is 2.32 bits per heavy atom. The maximum atomic E-state index is 12.4. The molecule has 1 amide bonds. The molecule has 134 valence electrons. The Morgan fingerprint density at radius 1 is 1.16 bits per heavy atom. The molecule has 7 N–H and O–H groups in total. The number of carboxylic acids is 2. The Morgan fingerprint density at radius 2 is 1.80 bits per heavy atom. The molecule has 1 aromatic carbocycles. The topological polar surface area (TPSA) is 156 Å². The Labute approximate surface area is 144 Å². The van der Waals surface area contributed by atoms with Gasteiger partial charge in [-0.1, -0.05) is 0 Å². The van der Waals surface area contributed by atoms with E-state index in [1.807, 2.05) is 0 Å². The zero-order valence-corrected chi connectivity index (χ0v) is 13.6. The fraction of sp³-hybridized carbons (Fsp3) is 0.471. The second-order valence-corrected chi connectivity index (χ2v) is 6.97. The zero-order valence-electron chi connectivity index (χ0n) is 13.6. The second-order valence-electron chi connectivity index (χ2n) is 6.97. The maximum Gasteiger partial charge on any atom is 0.335 e. The predicted octanol–water partition coefficient (Wildman–Crippen LogP) is 0.549. The molecule has 1 atom stereocenters. The van der Waals surface area contributed by atoms with Crippen LogP contribution in [0.5, 0.6) is 0 Å². The van der Waals surface area contributed by atoms with Gasteiger partial charge in [0.25, 0.3) is 0 Å². The molecule has 3 rings (SSSR count). The first kappa shape index (κ1) is 17.2. The summed E-state index contributed by atoms with van der Waals surface area (Å²) in [5, 5.41) is 22.2. The molecule has 1 fully saturated rings. The number of nitrogens with one attached hydrogen (secondary N) is 1. The zero-order chi connectivity index (χ0) is 18.4. The highest BCUT2D eigenvalue weighted by atomic mass is 16.4. The normalized spacial score (nSPS) is 31.0. The SMILES string of the molecule is NC(=O)C1(C2(C(=O)O)Cc3cc(C(=O)O)ccc3N2)CCC(N)CC1. The number of hydrogen-bond acceptors (Lipinski definition) is 5. The number of aromatic carboxylic acids is 1. The lowest BCUT2D eigenvalue weighted by Gasteiger charge is -2.47. The van der Waals surface area contributed by atoms with Gasteiger partial charge < -0.3 is 27.0 Å². The molecule has 0 saturated heterocycles. The van der Waals surface area contributed by atoms with Crippen LogP contribution in [0.25, 0.3) is 0 Å². The second kappa shape index (κ2) is 5.73. The van der Waals surface area contributed by atoms with E-state index in [2.05, 4.69) is 5.32 Å². The molecule has 1 aliphatic heterocycles. The van der Waals surface area contributed by atoms with E-state index < -0.39 is 28.8 Å². The summed E-state index contributed by atoms with van der Waals surface area (Å²) >= 11 is 0. The smallest absolute Gasteiger partial charge is 0.335 e. The summed E-state index contributed by atoms with van der Waals surface area (Å²) in [5.74, 6) is -2.93. The van der Waals surface area contributed by atoms with Gasteiger partial charge in [-0.05, 0) is 49.4 Å². The first-order valence-electron chi connectivity index (χ1n) is 8.15. The van der Waals surface area contributed by atoms with Crippen LogP contribution in [0.2, 0.25) is 0 Å². The molecule has 25 heavy (non-hydrogen) atoms. The Hall–Kier alpha value is -2.61. The molecule has 8 heteroatoms. The molecule has 0 spiro atoms. The van der Waals surface area contributed by atoms with Crippen molar-refractivity contribution in [3.8, 4) is 0 Å². The highest BCUT2D eigenvalue weighted by molar-refractivity contribution is 5.98. The number of benzene rings is 1. The molecule has 0 aromatic heterocycles. The third-order valence-corrected chi connectivity index (χ3v) is 5.69. The standard InChI is InChI=1S/C17H21N3O5/c18-11-3-5-16(6-4-11,14(19)23)17(15(24)25)8-10-7-9(13(21)22)1-2-12(10)20-17/h1-2,7,11,20H,3-6,8,18H2,(H2,19,23)(H,21,22)(H,24,25). The third kappa shape index (κ3) is 2.44. The lowest BCUT2D eigenvalue weighted by Crippen LogP contribution is -2.65. The van der Waals surface area contributed by atoms with Crippen molar-refractivity contribution in [1.29, 1.82) is 0 Å². The molecule has 2 aliphatic rings. The summed E-state index contributed by atoms with van der Waals surface area (Å²) in [5.41, 5.74) is 9.87. The average molecular weight is 347 g/mol.